The van der Waals surface area contributed by atoms with Crippen LogP contribution in [0.2, 0.25) is 0 Å². The number of hydrogen-bond donors (Lipinski definition) is 2. The van der Waals surface area contributed by atoms with Crippen LogP contribution in [0.5, 0.6) is 5.75 Å². The summed E-state index contributed by atoms with van der Waals surface area (Å²) in [5.74, 6) is 0.454. The first kappa shape index (κ1) is 28.8. The van der Waals surface area contributed by atoms with Crippen molar-refractivity contribution >= 4 is 11.8 Å². The van der Waals surface area contributed by atoms with E-state index in [2.05, 4.69) is 18.3 Å². The summed E-state index contributed by atoms with van der Waals surface area (Å²) < 4.78 is 32.0. The lowest BCUT2D eigenvalue weighted by molar-refractivity contribution is -0.143. The second kappa shape index (κ2) is 13.3. The first-order valence-corrected chi connectivity index (χ1v) is 14.8. The summed E-state index contributed by atoms with van der Waals surface area (Å²) in [6.07, 6.45) is 8.07. The van der Waals surface area contributed by atoms with Gasteiger partial charge in [-0.3, -0.25) is 9.69 Å². The normalized spacial score (nSPS) is 23.8. The molecule has 4 heterocycles. The molecule has 0 radical (unpaired) electrons. The van der Waals surface area contributed by atoms with E-state index < -0.39 is 17.8 Å². The van der Waals surface area contributed by atoms with Crippen LogP contribution in [0.4, 0.5) is 10.2 Å². The van der Waals surface area contributed by atoms with Crippen LogP contribution in [0, 0.1) is 5.82 Å². The van der Waals surface area contributed by atoms with E-state index in [1.54, 1.807) is 13.2 Å². The smallest absolute Gasteiger partial charge is 0.325 e. The summed E-state index contributed by atoms with van der Waals surface area (Å²) in [5, 5.41) is 13.7. The monoisotopic (exact) mass is 555 g/mol. The average Bonchev–Trinajstić information content (AvgIpc) is 3.40. The fraction of sp³-hybridized carbons (Fsp3) is 0.613. The maximum absolute atomic E-state index is 14.3. The third-order valence-electron chi connectivity index (χ3n) is 8.39. The number of halogens is 1. The van der Waals surface area contributed by atoms with Crippen LogP contribution in [0.1, 0.15) is 86.4 Å². The van der Waals surface area contributed by atoms with Crippen molar-refractivity contribution in [2.45, 2.75) is 89.0 Å². The number of carboxylic acids is 1. The van der Waals surface area contributed by atoms with Gasteiger partial charge in [0.25, 0.3) is 0 Å². The zero-order valence-corrected chi connectivity index (χ0v) is 23.7. The molecule has 0 spiro atoms. The second-order valence-corrected chi connectivity index (χ2v) is 11.3. The van der Waals surface area contributed by atoms with Crippen molar-refractivity contribution in [2.75, 3.05) is 38.7 Å². The van der Waals surface area contributed by atoms with Crippen molar-refractivity contribution in [1.82, 2.24) is 9.88 Å². The van der Waals surface area contributed by atoms with Gasteiger partial charge >= 0.3 is 5.97 Å². The van der Waals surface area contributed by atoms with Crippen molar-refractivity contribution in [1.29, 1.82) is 0 Å². The third kappa shape index (κ3) is 6.75. The Kier molecular flexibility index (Phi) is 9.55. The number of hydrogen-bond acceptors (Lipinski definition) is 7. The highest BCUT2D eigenvalue weighted by Gasteiger charge is 2.36. The summed E-state index contributed by atoms with van der Waals surface area (Å²) in [4.78, 5) is 19.2. The van der Waals surface area contributed by atoms with Gasteiger partial charge in [-0.1, -0.05) is 6.07 Å². The Hall–Kier alpha value is -2.75. The van der Waals surface area contributed by atoms with Gasteiger partial charge in [0.2, 0.25) is 0 Å². The number of rotatable bonds is 11. The molecule has 1 aromatic heterocycles. The summed E-state index contributed by atoms with van der Waals surface area (Å²) >= 11 is 0. The van der Waals surface area contributed by atoms with Gasteiger partial charge in [0.05, 0.1) is 19.3 Å². The number of aryl methyl sites for hydroxylation is 1. The molecule has 5 rings (SSSR count). The fourth-order valence-corrected chi connectivity index (χ4v) is 6.27. The first-order valence-electron chi connectivity index (χ1n) is 14.8. The Labute approximate surface area is 236 Å². The summed E-state index contributed by atoms with van der Waals surface area (Å²) in [6, 6.07) is 6.01. The van der Waals surface area contributed by atoms with Crippen LogP contribution in [0.15, 0.2) is 24.3 Å². The Morgan fingerprint density at radius 2 is 2.12 bits per heavy atom. The van der Waals surface area contributed by atoms with Crippen molar-refractivity contribution in [3.63, 3.8) is 0 Å². The molecule has 9 heteroatoms. The fourth-order valence-electron chi connectivity index (χ4n) is 6.27. The molecule has 2 N–H and O–H groups in total. The molecule has 0 aliphatic carbocycles. The molecule has 2 aromatic rings. The minimum absolute atomic E-state index is 0.0440. The largest absolute Gasteiger partial charge is 0.496 e. The standard InChI is InChI=1S/C31H42FN3O5/c1-20-9-11-25-28(38-2)18-22(34-30(25)33-20)7-3-5-15-39-23-13-14-35(19-23)29(31(36)37)26-17-21(32)10-12-24(26)27-8-4-6-16-40-27/h10,12,17-18,20,23,27,29H,3-9,11,13-16,19H2,1-2H3,(H,33,34)(H,36,37). The highest BCUT2D eigenvalue weighted by molar-refractivity contribution is 5.76. The van der Waals surface area contributed by atoms with E-state index in [0.29, 0.717) is 37.9 Å². The summed E-state index contributed by atoms with van der Waals surface area (Å²) in [5.41, 5.74) is 3.46. The van der Waals surface area contributed by atoms with Crippen molar-refractivity contribution in [2.24, 2.45) is 0 Å². The number of aromatic nitrogens is 1. The lowest BCUT2D eigenvalue weighted by Gasteiger charge is -2.30. The highest BCUT2D eigenvalue weighted by atomic mass is 19.1. The Balaban J connectivity index is 1.14. The van der Waals surface area contributed by atoms with Crippen LogP contribution >= 0.6 is 0 Å². The molecule has 4 atom stereocenters. The minimum Gasteiger partial charge on any atom is -0.496 e. The molecule has 0 bridgehead atoms. The number of carboxylic acid groups (broad SMARTS) is 1. The maximum atomic E-state index is 14.3. The summed E-state index contributed by atoms with van der Waals surface area (Å²) in [7, 11) is 1.71. The van der Waals surface area contributed by atoms with Gasteiger partial charge in [0, 0.05) is 49.7 Å². The number of carbonyl (C=O) groups is 1. The zero-order chi connectivity index (χ0) is 28.1. The van der Waals surface area contributed by atoms with Crippen LogP contribution in [0.25, 0.3) is 0 Å². The molecular formula is C31H42FN3O5. The molecule has 3 aliphatic heterocycles. The number of ether oxygens (including phenoxy) is 3. The number of nitrogens with zero attached hydrogens (tertiary/aromatic N) is 2. The quantitative estimate of drug-likeness (QED) is 0.353. The van der Waals surface area contributed by atoms with Crippen molar-refractivity contribution in [3.8, 4) is 5.75 Å². The van der Waals surface area contributed by atoms with Crippen molar-refractivity contribution in [3.05, 3.63) is 52.5 Å². The number of pyridine rings is 1. The number of methoxy groups -OCH3 is 1. The molecule has 2 saturated heterocycles. The number of likely N-dealkylation sites (tertiary alicyclic amines) is 1. The van der Waals surface area contributed by atoms with E-state index in [1.807, 2.05) is 4.90 Å². The number of nitrogens with one attached hydrogen (secondary N) is 1. The minimum atomic E-state index is -0.972. The zero-order valence-electron chi connectivity index (χ0n) is 23.7. The molecule has 0 saturated carbocycles. The van der Waals surface area contributed by atoms with Crippen LogP contribution in [-0.4, -0.2) is 66.5 Å². The predicted molar refractivity (Wildman–Crippen MR) is 150 cm³/mol. The second-order valence-electron chi connectivity index (χ2n) is 11.3. The highest BCUT2D eigenvalue weighted by Crippen LogP contribution is 2.37. The van der Waals surface area contributed by atoms with Gasteiger partial charge in [-0.2, -0.15) is 0 Å². The maximum Gasteiger partial charge on any atom is 0.325 e. The van der Waals surface area contributed by atoms with E-state index in [4.69, 9.17) is 19.2 Å². The van der Waals surface area contributed by atoms with Gasteiger partial charge in [-0.05, 0) is 88.0 Å². The predicted octanol–water partition coefficient (Wildman–Crippen LogP) is 5.46. The Morgan fingerprint density at radius 1 is 1.25 bits per heavy atom. The molecule has 218 valence electrons. The van der Waals surface area contributed by atoms with Crippen LogP contribution in [0.3, 0.4) is 0 Å². The van der Waals surface area contributed by atoms with Gasteiger partial charge in [-0.25, -0.2) is 9.37 Å². The van der Waals surface area contributed by atoms with Gasteiger partial charge in [0.15, 0.2) is 0 Å². The molecule has 8 nitrogen and oxygen atoms in total. The number of benzene rings is 1. The lowest BCUT2D eigenvalue weighted by atomic mass is 9.92. The molecular weight excluding hydrogens is 513 g/mol. The van der Waals surface area contributed by atoms with Crippen molar-refractivity contribution < 1.29 is 28.5 Å². The first-order chi connectivity index (χ1) is 19.4. The van der Waals surface area contributed by atoms with Crippen LogP contribution in [-0.2, 0) is 27.1 Å². The molecule has 2 fully saturated rings. The van der Waals surface area contributed by atoms with E-state index in [-0.39, 0.29) is 12.2 Å². The Morgan fingerprint density at radius 3 is 2.90 bits per heavy atom. The number of anilines is 1. The lowest BCUT2D eigenvalue weighted by Crippen LogP contribution is -2.34. The SMILES string of the molecule is COc1cc(CCCCOC2CCN(C(C(=O)O)c3cc(F)ccc3C3CCCCO3)C2)nc2c1CCC(C)N2. The number of unbranched alkanes of at least 4 members (excludes halogenated alkanes) is 1. The molecule has 3 aliphatic rings. The van der Waals surface area contributed by atoms with E-state index in [1.165, 1.54) is 12.1 Å². The van der Waals surface area contributed by atoms with E-state index in [0.717, 1.165) is 86.2 Å². The van der Waals surface area contributed by atoms with E-state index >= 15 is 0 Å². The topological polar surface area (TPSA) is 93.2 Å². The third-order valence-corrected chi connectivity index (χ3v) is 8.39. The number of aliphatic carboxylic acids is 1. The summed E-state index contributed by atoms with van der Waals surface area (Å²) in [6.45, 7) is 4.52. The average molecular weight is 556 g/mol. The Bertz CT molecular complexity index is 1170. The van der Waals surface area contributed by atoms with Crippen LogP contribution < -0.4 is 10.1 Å². The van der Waals surface area contributed by atoms with Gasteiger partial charge in [-0.15, -0.1) is 0 Å². The molecule has 1 aromatic carbocycles. The molecule has 0 amide bonds. The van der Waals surface area contributed by atoms with E-state index in [9.17, 15) is 14.3 Å². The van der Waals surface area contributed by atoms with Gasteiger partial charge < -0.3 is 24.6 Å². The number of fused-ring (bicyclic) bond motifs is 1. The molecule has 4 unspecified atom stereocenters. The van der Waals surface area contributed by atoms with Gasteiger partial charge in [0.1, 0.15) is 23.4 Å². The molecule has 40 heavy (non-hydrogen) atoms.